The first-order chi connectivity index (χ1) is 10.1. The molecule has 0 amide bonds. The van der Waals surface area contributed by atoms with Crippen LogP contribution in [0.5, 0.6) is 0 Å². The van der Waals surface area contributed by atoms with E-state index in [1.54, 1.807) is 11.8 Å². The van der Waals surface area contributed by atoms with Gasteiger partial charge in [0.25, 0.3) is 0 Å². The van der Waals surface area contributed by atoms with Crippen molar-refractivity contribution < 1.29 is 9.53 Å². The average Bonchev–Trinajstić information content (AvgIpc) is 2.34. The predicted molar refractivity (Wildman–Crippen MR) is 98.9 cm³/mol. The van der Waals surface area contributed by atoms with Gasteiger partial charge in [0.1, 0.15) is 5.78 Å². The number of unbranched alkanes of at least 4 members (excludes halogenated alkanes) is 2. The molecular weight excluding hydrogens is 294 g/mol. The van der Waals surface area contributed by atoms with Crippen LogP contribution in [0.4, 0.5) is 0 Å². The third kappa shape index (κ3) is 13.6. The minimum Gasteiger partial charge on any atom is -0.375 e. The van der Waals surface area contributed by atoms with Crippen LogP contribution in [0.1, 0.15) is 67.2 Å². The lowest BCUT2D eigenvalue weighted by Gasteiger charge is -2.30. The number of ketones is 1. The molecule has 0 aliphatic carbocycles. The highest BCUT2D eigenvalue weighted by Gasteiger charge is 2.22. The predicted octanol–water partition coefficient (Wildman–Crippen LogP) is 4.39. The molecule has 0 saturated carbocycles. The van der Waals surface area contributed by atoms with Crippen LogP contribution in [0.3, 0.4) is 0 Å². The van der Waals surface area contributed by atoms with Crippen molar-refractivity contribution >= 4 is 17.5 Å². The lowest BCUT2D eigenvalue weighted by Crippen LogP contribution is -2.37. The fourth-order valence-electron chi connectivity index (χ4n) is 2.20. The number of hydrogen-bond donors (Lipinski definition) is 0. The molecule has 0 aliphatic heterocycles. The van der Waals surface area contributed by atoms with Gasteiger partial charge < -0.3 is 9.64 Å². The molecule has 0 aromatic carbocycles. The summed E-state index contributed by atoms with van der Waals surface area (Å²) in [5.74, 6) is 1.04. The summed E-state index contributed by atoms with van der Waals surface area (Å²) in [7, 11) is 2.12. The summed E-state index contributed by atoms with van der Waals surface area (Å²) in [5.41, 5.74) is -0.0734. The second-order valence-corrected chi connectivity index (χ2v) is 9.43. The topological polar surface area (TPSA) is 29.5 Å². The van der Waals surface area contributed by atoms with Gasteiger partial charge in [-0.25, -0.2) is 0 Å². The van der Waals surface area contributed by atoms with Gasteiger partial charge >= 0.3 is 0 Å². The Kier molecular flexibility index (Phi) is 10.6. The SMILES string of the molecule is CCCCCC(=O)CSC(C)(C)CN(C)CCOC(C)(C)C. The number of hydrogen-bond acceptors (Lipinski definition) is 4. The van der Waals surface area contributed by atoms with Crippen molar-refractivity contribution in [3.8, 4) is 0 Å². The van der Waals surface area contributed by atoms with Gasteiger partial charge in [-0.3, -0.25) is 4.79 Å². The van der Waals surface area contributed by atoms with Gasteiger partial charge in [-0.2, -0.15) is 0 Å². The van der Waals surface area contributed by atoms with E-state index in [0.29, 0.717) is 11.5 Å². The van der Waals surface area contributed by atoms with Crippen LogP contribution in [0.25, 0.3) is 0 Å². The van der Waals surface area contributed by atoms with E-state index in [2.05, 4.69) is 53.5 Å². The number of carbonyl (C=O) groups is 1. The zero-order valence-corrected chi connectivity index (χ0v) is 16.6. The normalized spacial score (nSPS) is 12.9. The van der Waals surface area contributed by atoms with E-state index < -0.39 is 0 Å². The maximum atomic E-state index is 11.9. The monoisotopic (exact) mass is 331 g/mol. The van der Waals surface area contributed by atoms with E-state index in [1.807, 2.05) is 0 Å². The highest BCUT2D eigenvalue weighted by molar-refractivity contribution is 8.01. The largest absolute Gasteiger partial charge is 0.375 e. The quantitative estimate of drug-likeness (QED) is 0.496. The first kappa shape index (κ1) is 21.9. The summed E-state index contributed by atoms with van der Waals surface area (Å²) in [6.07, 6.45) is 4.12. The molecule has 132 valence electrons. The second kappa shape index (κ2) is 10.7. The Morgan fingerprint density at radius 1 is 1.14 bits per heavy atom. The maximum absolute atomic E-state index is 11.9. The Morgan fingerprint density at radius 2 is 1.77 bits per heavy atom. The lowest BCUT2D eigenvalue weighted by atomic mass is 10.1. The van der Waals surface area contributed by atoms with Gasteiger partial charge in [0, 0.05) is 24.3 Å². The molecule has 0 aromatic rings. The highest BCUT2D eigenvalue weighted by atomic mass is 32.2. The van der Waals surface area contributed by atoms with Gasteiger partial charge in [-0.15, -0.1) is 11.8 Å². The van der Waals surface area contributed by atoms with E-state index in [1.165, 1.54) is 6.42 Å². The van der Waals surface area contributed by atoms with Gasteiger partial charge in [0.15, 0.2) is 0 Å². The molecule has 0 unspecified atom stereocenters. The molecule has 0 fully saturated rings. The van der Waals surface area contributed by atoms with Crippen molar-refractivity contribution in [3.05, 3.63) is 0 Å². The van der Waals surface area contributed by atoms with E-state index in [9.17, 15) is 4.79 Å². The number of likely N-dealkylation sites (N-methyl/N-ethyl adjacent to an activating group) is 1. The van der Waals surface area contributed by atoms with E-state index in [4.69, 9.17) is 4.74 Å². The molecule has 0 spiro atoms. The minimum atomic E-state index is -0.0734. The molecule has 0 aromatic heterocycles. The summed E-state index contributed by atoms with van der Waals surface area (Å²) in [4.78, 5) is 14.2. The van der Waals surface area contributed by atoms with Crippen molar-refractivity contribution in [2.75, 3.05) is 32.5 Å². The van der Waals surface area contributed by atoms with Crippen LogP contribution in [0.15, 0.2) is 0 Å². The van der Waals surface area contributed by atoms with Crippen LogP contribution >= 0.6 is 11.8 Å². The Bertz CT molecular complexity index is 311. The van der Waals surface area contributed by atoms with E-state index in [0.717, 1.165) is 39.0 Å². The zero-order valence-electron chi connectivity index (χ0n) is 15.8. The number of rotatable bonds is 12. The Hall–Kier alpha value is -0.0600. The van der Waals surface area contributed by atoms with Gasteiger partial charge in [0.2, 0.25) is 0 Å². The summed E-state index contributed by atoms with van der Waals surface area (Å²) < 4.78 is 5.86. The van der Waals surface area contributed by atoms with Crippen LogP contribution in [-0.4, -0.2) is 53.5 Å². The molecule has 3 nitrogen and oxygen atoms in total. The first-order valence-corrected chi connectivity index (χ1v) is 9.52. The van der Waals surface area contributed by atoms with Crippen molar-refractivity contribution in [1.29, 1.82) is 0 Å². The molecule has 22 heavy (non-hydrogen) atoms. The number of thioether (sulfide) groups is 1. The van der Waals surface area contributed by atoms with Crippen molar-refractivity contribution in [2.24, 2.45) is 0 Å². The number of carbonyl (C=O) groups excluding carboxylic acids is 1. The van der Waals surface area contributed by atoms with E-state index >= 15 is 0 Å². The van der Waals surface area contributed by atoms with E-state index in [-0.39, 0.29) is 10.3 Å². The molecule has 0 heterocycles. The lowest BCUT2D eigenvalue weighted by molar-refractivity contribution is -0.116. The van der Waals surface area contributed by atoms with Crippen LogP contribution in [0.2, 0.25) is 0 Å². The standard InChI is InChI=1S/C18H37NO2S/c1-8-9-10-11-16(20)14-22-18(5,6)15-19(7)12-13-21-17(2,3)4/h8-15H2,1-7H3. The number of nitrogens with zero attached hydrogens (tertiary/aromatic N) is 1. The van der Waals surface area contributed by atoms with Crippen molar-refractivity contribution in [3.63, 3.8) is 0 Å². The van der Waals surface area contributed by atoms with Gasteiger partial charge in [0.05, 0.1) is 18.0 Å². The third-order valence-corrected chi connectivity index (χ3v) is 4.72. The van der Waals surface area contributed by atoms with Gasteiger partial charge in [-0.1, -0.05) is 19.8 Å². The Labute approximate surface area is 142 Å². The highest BCUT2D eigenvalue weighted by Crippen LogP contribution is 2.25. The van der Waals surface area contributed by atoms with Crippen molar-refractivity contribution in [1.82, 2.24) is 4.90 Å². The summed E-state index contributed by atoms with van der Waals surface area (Å²) >= 11 is 1.78. The zero-order chi connectivity index (χ0) is 17.2. The molecule has 0 rings (SSSR count). The number of ether oxygens (including phenoxy) is 1. The summed E-state index contributed by atoms with van der Waals surface area (Å²) in [6.45, 7) is 15.5. The fraction of sp³-hybridized carbons (Fsp3) is 0.944. The van der Waals surface area contributed by atoms with Crippen LogP contribution < -0.4 is 0 Å². The Morgan fingerprint density at radius 3 is 2.32 bits per heavy atom. The maximum Gasteiger partial charge on any atom is 0.142 e. The molecule has 0 radical (unpaired) electrons. The summed E-state index contributed by atoms with van der Waals surface area (Å²) in [5, 5.41) is 0. The number of Topliss-reactive ketones (excluding diaryl/α,β-unsaturated/α-hetero) is 1. The fourth-order valence-corrected chi connectivity index (χ4v) is 3.21. The first-order valence-electron chi connectivity index (χ1n) is 8.54. The summed E-state index contributed by atoms with van der Waals surface area (Å²) in [6, 6.07) is 0. The molecule has 0 aliphatic rings. The average molecular weight is 332 g/mol. The molecule has 4 heteroatoms. The molecule has 0 N–H and O–H groups in total. The molecule has 0 atom stereocenters. The van der Waals surface area contributed by atoms with Crippen molar-refractivity contribution in [2.45, 2.75) is 77.6 Å². The smallest absolute Gasteiger partial charge is 0.142 e. The minimum absolute atomic E-state index is 0.0734. The molecule has 0 saturated heterocycles. The molecule has 0 bridgehead atoms. The van der Waals surface area contributed by atoms with Crippen LogP contribution in [-0.2, 0) is 9.53 Å². The second-order valence-electron chi connectivity index (χ2n) is 7.74. The Balaban J connectivity index is 3.94. The van der Waals surface area contributed by atoms with Crippen LogP contribution in [0, 0.1) is 0 Å². The third-order valence-electron chi connectivity index (χ3n) is 3.34. The molecular formula is C18H37NO2S. The van der Waals surface area contributed by atoms with Gasteiger partial charge in [-0.05, 0) is 48.1 Å².